The van der Waals surface area contributed by atoms with Crippen molar-refractivity contribution in [3.63, 3.8) is 0 Å². The lowest BCUT2D eigenvalue weighted by atomic mass is 9.73. The van der Waals surface area contributed by atoms with E-state index in [0.29, 0.717) is 6.42 Å². The van der Waals surface area contributed by atoms with Gasteiger partial charge in [0.1, 0.15) is 0 Å². The van der Waals surface area contributed by atoms with Crippen LogP contribution >= 0.6 is 0 Å². The average Bonchev–Trinajstić information content (AvgIpc) is 2.25. The van der Waals surface area contributed by atoms with Gasteiger partial charge < -0.3 is 10.2 Å². The number of aliphatic hydroxyl groups excluding tert-OH is 1. The van der Waals surface area contributed by atoms with Crippen LogP contribution in [0.5, 0.6) is 0 Å². The fourth-order valence-corrected chi connectivity index (χ4v) is 1.90. The third-order valence-corrected chi connectivity index (χ3v) is 3.16. The molecular formula is C12H16O2. The van der Waals surface area contributed by atoms with E-state index in [1.165, 1.54) is 5.56 Å². The first-order valence-electron chi connectivity index (χ1n) is 5.15. The lowest BCUT2D eigenvalue weighted by Gasteiger charge is -2.42. The molecule has 1 fully saturated rings. The molecule has 2 atom stereocenters. The minimum Gasteiger partial charge on any atom is -0.390 e. The van der Waals surface area contributed by atoms with Crippen LogP contribution in [0.15, 0.2) is 30.3 Å². The molecular weight excluding hydrogens is 176 g/mol. The average molecular weight is 192 g/mol. The maximum atomic E-state index is 9.89. The quantitative estimate of drug-likeness (QED) is 0.762. The van der Waals surface area contributed by atoms with Crippen LogP contribution in [0.1, 0.15) is 24.8 Å². The van der Waals surface area contributed by atoms with Crippen LogP contribution in [0, 0.1) is 0 Å². The van der Waals surface area contributed by atoms with Crippen LogP contribution in [0.25, 0.3) is 0 Å². The van der Waals surface area contributed by atoms with E-state index in [-0.39, 0.29) is 0 Å². The highest BCUT2D eigenvalue weighted by molar-refractivity contribution is 5.15. The molecule has 1 aliphatic carbocycles. The molecule has 2 nitrogen and oxygen atoms in total. The van der Waals surface area contributed by atoms with Gasteiger partial charge in [-0.05, 0) is 31.2 Å². The van der Waals surface area contributed by atoms with Crippen molar-refractivity contribution in [1.29, 1.82) is 0 Å². The van der Waals surface area contributed by atoms with E-state index >= 15 is 0 Å². The number of aliphatic hydroxyl groups is 2. The van der Waals surface area contributed by atoms with Gasteiger partial charge in [-0.15, -0.1) is 0 Å². The summed E-state index contributed by atoms with van der Waals surface area (Å²) in [5.41, 5.74) is 0.413. The van der Waals surface area contributed by atoms with Crippen molar-refractivity contribution >= 4 is 0 Å². The zero-order valence-corrected chi connectivity index (χ0v) is 8.19. The standard InChI is InChI=1S/C12H16O2/c13-11-7-9-12(11,14)8-6-10-4-2-1-3-5-10/h1-5,11,13-14H,6-9H2/t11-,12+/m1/s1. The van der Waals surface area contributed by atoms with Gasteiger partial charge in [0.15, 0.2) is 0 Å². The summed E-state index contributed by atoms with van der Waals surface area (Å²) in [5, 5.41) is 19.3. The molecule has 1 saturated carbocycles. The van der Waals surface area contributed by atoms with Gasteiger partial charge in [-0.1, -0.05) is 30.3 Å². The third kappa shape index (κ3) is 1.81. The van der Waals surface area contributed by atoms with Crippen molar-refractivity contribution in [1.82, 2.24) is 0 Å². The summed E-state index contributed by atoms with van der Waals surface area (Å²) in [5.74, 6) is 0. The highest BCUT2D eigenvalue weighted by atomic mass is 16.3. The molecule has 0 spiro atoms. The van der Waals surface area contributed by atoms with Crippen LogP contribution < -0.4 is 0 Å². The highest BCUT2D eigenvalue weighted by Crippen LogP contribution is 2.35. The molecule has 0 aliphatic heterocycles. The van der Waals surface area contributed by atoms with Crippen LogP contribution in [-0.4, -0.2) is 21.9 Å². The Bertz CT molecular complexity index is 296. The molecule has 1 aromatic rings. The molecule has 76 valence electrons. The van der Waals surface area contributed by atoms with Crippen LogP contribution in [0.4, 0.5) is 0 Å². The molecule has 1 aliphatic rings. The smallest absolute Gasteiger partial charge is 0.0909 e. The summed E-state index contributed by atoms with van der Waals surface area (Å²) in [6, 6.07) is 10.1. The van der Waals surface area contributed by atoms with Crippen molar-refractivity contribution in [3.8, 4) is 0 Å². The molecule has 2 heteroatoms. The highest BCUT2D eigenvalue weighted by Gasteiger charge is 2.43. The van der Waals surface area contributed by atoms with Crippen molar-refractivity contribution in [2.45, 2.75) is 37.4 Å². The van der Waals surface area contributed by atoms with E-state index in [4.69, 9.17) is 0 Å². The van der Waals surface area contributed by atoms with E-state index < -0.39 is 11.7 Å². The zero-order chi connectivity index (χ0) is 10.0. The Morgan fingerprint density at radius 3 is 2.50 bits per heavy atom. The maximum absolute atomic E-state index is 9.89. The zero-order valence-electron chi connectivity index (χ0n) is 8.19. The predicted octanol–water partition coefficient (Wildman–Crippen LogP) is 1.50. The largest absolute Gasteiger partial charge is 0.390 e. The van der Waals surface area contributed by atoms with Crippen molar-refractivity contribution in [2.75, 3.05) is 0 Å². The minimum absolute atomic E-state index is 0.508. The summed E-state index contributed by atoms with van der Waals surface area (Å²) in [7, 11) is 0. The normalized spacial score (nSPS) is 31.1. The van der Waals surface area contributed by atoms with E-state index in [1.54, 1.807) is 0 Å². The topological polar surface area (TPSA) is 40.5 Å². The van der Waals surface area contributed by atoms with E-state index in [9.17, 15) is 10.2 Å². The van der Waals surface area contributed by atoms with Crippen molar-refractivity contribution in [3.05, 3.63) is 35.9 Å². The van der Waals surface area contributed by atoms with E-state index in [0.717, 1.165) is 19.3 Å². The second kappa shape index (κ2) is 3.71. The summed E-state index contributed by atoms with van der Waals surface area (Å²) >= 11 is 0. The summed E-state index contributed by atoms with van der Waals surface area (Å²) < 4.78 is 0. The molecule has 0 amide bonds. The van der Waals surface area contributed by atoms with Gasteiger partial charge in [-0.2, -0.15) is 0 Å². The molecule has 1 aromatic carbocycles. The molecule has 0 aromatic heterocycles. The number of rotatable bonds is 3. The Morgan fingerprint density at radius 1 is 1.29 bits per heavy atom. The second-order valence-corrected chi connectivity index (χ2v) is 4.14. The van der Waals surface area contributed by atoms with Crippen LogP contribution in [0.2, 0.25) is 0 Å². The second-order valence-electron chi connectivity index (χ2n) is 4.14. The van der Waals surface area contributed by atoms with Gasteiger partial charge in [0.05, 0.1) is 11.7 Å². The Balaban J connectivity index is 1.89. The van der Waals surface area contributed by atoms with Crippen molar-refractivity contribution in [2.24, 2.45) is 0 Å². The summed E-state index contributed by atoms with van der Waals surface area (Å²) in [6.07, 6.45) is 2.48. The number of aryl methyl sites for hydroxylation is 1. The first-order chi connectivity index (χ1) is 6.71. The van der Waals surface area contributed by atoms with Crippen LogP contribution in [0.3, 0.4) is 0 Å². The summed E-state index contributed by atoms with van der Waals surface area (Å²) in [4.78, 5) is 0. The van der Waals surface area contributed by atoms with Gasteiger partial charge in [0.2, 0.25) is 0 Å². The first-order valence-corrected chi connectivity index (χ1v) is 5.15. The van der Waals surface area contributed by atoms with Gasteiger partial charge in [-0.25, -0.2) is 0 Å². The molecule has 2 N–H and O–H groups in total. The molecule has 0 saturated heterocycles. The lowest BCUT2D eigenvalue weighted by Crippen LogP contribution is -2.51. The minimum atomic E-state index is -0.810. The van der Waals surface area contributed by atoms with Gasteiger partial charge in [0, 0.05) is 0 Å². The van der Waals surface area contributed by atoms with Crippen molar-refractivity contribution < 1.29 is 10.2 Å². The molecule has 0 unspecified atom stereocenters. The fraction of sp³-hybridized carbons (Fsp3) is 0.500. The number of hydrogen-bond acceptors (Lipinski definition) is 2. The predicted molar refractivity (Wildman–Crippen MR) is 55.0 cm³/mol. The van der Waals surface area contributed by atoms with E-state index in [1.807, 2.05) is 18.2 Å². The molecule has 2 rings (SSSR count). The Kier molecular flexibility index (Phi) is 2.57. The van der Waals surface area contributed by atoms with Crippen LogP contribution in [-0.2, 0) is 6.42 Å². The Labute approximate surface area is 84.2 Å². The monoisotopic (exact) mass is 192 g/mol. The third-order valence-electron chi connectivity index (χ3n) is 3.16. The van der Waals surface area contributed by atoms with Gasteiger partial charge in [-0.3, -0.25) is 0 Å². The number of hydrogen-bond donors (Lipinski definition) is 2. The molecule has 0 bridgehead atoms. The van der Waals surface area contributed by atoms with E-state index in [2.05, 4.69) is 12.1 Å². The summed E-state index contributed by atoms with van der Waals surface area (Å²) in [6.45, 7) is 0. The van der Waals surface area contributed by atoms with Gasteiger partial charge in [0.25, 0.3) is 0 Å². The Hall–Kier alpha value is -0.860. The molecule has 0 heterocycles. The SMILES string of the molecule is O[C@@H]1CC[C@@]1(O)CCc1ccccc1. The van der Waals surface area contributed by atoms with Gasteiger partial charge >= 0.3 is 0 Å². The number of benzene rings is 1. The maximum Gasteiger partial charge on any atom is 0.0909 e. The first kappa shape index (κ1) is 9.69. The Morgan fingerprint density at radius 2 is 2.00 bits per heavy atom. The lowest BCUT2D eigenvalue weighted by molar-refractivity contribution is -0.148. The molecule has 14 heavy (non-hydrogen) atoms. The fourth-order valence-electron chi connectivity index (χ4n) is 1.90. The molecule has 0 radical (unpaired) electrons.